The van der Waals surface area contributed by atoms with Crippen molar-refractivity contribution in [2.45, 2.75) is 40.7 Å². The van der Waals surface area contributed by atoms with Gasteiger partial charge < -0.3 is 10.1 Å². The molecule has 3 heteroatoms. The van der Waals surface area contributed by atoms with E-state index in [4.69, 9.17) is 4.74 Å². The topological polar surface area (TPSA) is 38.3 Å². The maximum Gasteiger partial charge on any atom is 0.249 e. The molecule has 0 aromatic rings. The highest BCUT2D eigenvalue weighted by Gasteiger charge is 2.31. The molecule has 0 aliphatic carbocycles. The summed E-state index contributed by atoms with van der Waals surface area (Å²) in [4.78, 5) is 11.5. The van der Waals surface area contributed by atoms with E-state index < -0.39 is 0 Å². The van der Waals surface area contributed by atoms with E-state index in [2.05, 4.69) is 5.32 Å². The van der Waals surface area contributed by atoms with Crippen molar-refractivity contribution in [1.82, 2.24) is 5.32 Å². The van der Waals surface area contributed by atoms with Gasteiger partial charge in [-0.1, -0.05) is 20.8 Å². The summed E-state index contributed by atoms with van der Waals surface area (Å²) in [6, 6.07) is 0. The number of carbonyl (C=O) groups excluding carboxylic acids is 1. The molecule has 0 aliphatic heterocycles. The van der Waals surface area contributed by atoms with Crippen molar-refractivity contribution in [3.8, 4) is 0 Å². The standard InChI is InChI=1S/C10H21NO2/c1-6-11-9(12)8(13-7-2)10(3,4)5/h8H,6-7H2,1-5H3,(H,11,12). The lowest BCUT2D eigenvalue weighted by Crippen LogP contribution is -2.44. The second-order valence-electron chi connectivity index (χ2n) is 4.10. The Morgan fingerprint density at radius 2 is 1.92 bits per heavy atom. The smallest absolute Gasteiger partial charge is 0.249 e. The van der Waals surface area contributed by atoms with E-state index in [9.17, 15) is 4.79 Å². The minimum Gasteiger partial charge on any atom is -0.368 e. The Labute approximate surface area is 80.8 Å². The Morgan fingerprint density at radius 3 is 2.23 bits per heavy atom. The average molecular weight is 187 g/mol. The second kappa shape index (κ2) is 5.22. The molecule has 0 bridgehead atoms. The predicted molar refractivity (Wildman–Crippen MR) is 53.6 cm³/mol. The van der Waals surface area contributed by atoms with Crippen LogP contribution in [-0.4, -0.2) is 25.2 Å². The average Bonchev–Trinajstić information content (AvgIpc) is 1.98. The summed E-state index contributed by atoms with van der Waals surface area (Å²) in [5.74, 6) is -0.0168. The van der Waals surface area contributed by atoms with Crippen molar-refractivity contribution in [1.29, 1.82) is 0 Å². The number of amides is 1. The van der Waals surface area contributed by atoms with Gasteiger partial charge in [0, 0.05) is 13.2 Å². The highest BCUT2D eigenvalue weighted by atomic mass is 16.5. The Bertz CT molecular complexity index is 161. The first-order valence-electron chi connectivity index (χ1n) is 4.82. The molecule has 0 fully saturated rings. The maximum absolute atomic E-state index is 11.5. The summed E-state index contributed by atoms with van der Waals surface area (Å²) in [5.41, 5.74) is -0.144. The van der Waals surface area contributed by atoms with Crippen molar-refractivity contribution in [3.63, 3.8) is 0 Å². The van der Waals surface area contributed by atoms with E-state index in [1.54, 1.807) is 0 Å². The minimum absolute atomic E-state index is 0.0168. The van der Waals surface area contributed by atoms with E-state index in [0.29, 0.717) is 13.2 Å². The summed E-state index contributed by atoms with van der Waals surface area (Å²) in [6.45, 7) is 11.0. The molecule has 0 radical (unpaired) electrons. The Kier molecular flexibility index (Phi) is 4.99. The molecule has 0 rings (SSSR count). The first-order valence-corrected chi connectivity index (χ1v) is 4.82. The predicted octanol–water partition coefficient (Wildman–Crippen LogP) is 1.57. The Morgan fingerprint density at radius 1 is 1.38 bits per heavy atom. The molecule has 13 heavy (non-hydrogen) atoms. The molecule has 0 heterocycles. The van der Waals surface area contributed by atoms with Crippen LogP contribution in [0.2, 0.25) is 0 Å². The number of ether oxygens (including phenoxy) is 1. The van der Waals surface area contributed by atoms with Gasteiger partial charge in [0.2, 0.25) is 5.91 Å². The van der Waals surface area contributed by atoms with E-state index >= 15 is 0 Å². The SMILES string of the molecule is CCNC(=O)C(OCC)C(C)(C)C. The highest BCUT2D eigenvalue weighted by Crippen LogP contribution is 2.22. The third-order valence-electron chi connectivity index (χ3n) is 1.71. The summed E-state index contributed by atoms with van der Waals surface area (Å²) in [6.07, 6.45) is -0.350. The van der Waals surface area contributed by atoms with Gasteiger partial charge in [0.05, 0.1) is 0 Å². The van der Waals surface area contributed by atoms with Crippen molar-refractivity contribution < 1.29 is 9.53 Å². The zero-order valence-corrected chi connectivity index (χ0v) is 9.31. The van der Waals surface area contributed by atoms with Crippen molar-refractivity contribution >= 4 is 5.91 Å². The number of hydrogen-bond donors (Lipinski definition) is 1. The molecular formula is C10H21NO2. The van der Waals surface area contributed by atoms with E-state index in [1.807, 2.05) is 34.6 Å². The Hall–Kier alpha value is -0.570. The number of nitrogens with one attached hydrogen (secondary N) is 1. The van der Waals surface area contributed by atoms with Crippen LogP contribution in [0.3, 0.4) is 0 Å². The zero-order chi connectivity index (χ0) is 10.5. The third-order valence-corrected chi connectivity index (χ3v) is 1.71. The number of likely N-dealkylation sites (N-methyl/N-ethyl adjacent to an activating group) is 1. The monoisotopic (exact) mass is 187 g/mol. The van der Waals surface area contributed by atoms with Crippen LogP contribution in [-0.2, 0) is 9.53 Å². The lowest BCUT2D eigenvalue weighted by Gasteiger charge is -2.28. The van der Waals surface area contributed by atoms with Crippen LogP contribution in [0.5, 0.6) is 0 Å². The summed E-state index contributed by atoms with van der Waals surface area (Å²) >= 11 is 0. The van der Waals surface area contributed by atoms with Gasteiger partial charge in [-0.3, -0.25) is 4.79 Å². The molecule has 0 aromatic heterocycles. The molecule has 78 valence electrons. The number of carbonyl (C=O) groups is 1. The second-order valence-corrected chi connectivity index (χ2v) is 4.10. The van der Waals surface area contributed by atoms with Gasteiger partial charge in [0.1, 0.15) is 6.10 Å². The third kappa shape index (κ3) is 4.27. The van der Waals surface area contributed by atoms with E-state index in [0.717, 1.165) is 0 Å². The number of hydrogen-bond acceptors (Lipinski definition) is 2. The van der Waals surface area contributed by atoms with Crippen molar-refractivity contribution in [3.05, 3.63) is 0 Å². The van der Waals surface area contributed by atoms with Crippen LogP contribution in [0.15, 0.2) is 0 Å². The molecule has 3 nitrogen and oxygen atoms in total. The molecular weight excluding hydrogens is 166 g/mol. The van der Waals surface area contributed by atoms with Gasteiger partial charge in [-0.25, -0.2) is 0 Å². The van der Waals surface area contributed by atoms with Crippen LogP contribution in [0, 0.1) is 5.41 Å². The zero-order valence-electron chi connectivity index (χ0n) is 9.31. The lowest BCUT2D eigenvalue weighted by molar-refractivity contribution is -0.139. The number of rotatable bonds is 4. The first-order chi connectivity index (χ1) is 5.93. The molecule has 1 unspecified atom stereocenters. The quantitative estimate of drug-likeness (QED) is 0.725. The lowest BCUT2D eigenvalue weighted by atomic mass is 9.88. The van der Waals surface area contributed by atoms with Gasteiger partial charge in [0.25, 0.3) is 0 Å². The fraction of sp³-hybridized carbons (Fsp3) is 0.900. The summed E-state index contributed by atoms with van der Waals surface area (Å²) in [5, 5.41) is 2.77. The molecule has 0 saturated heterocycles. The van der Waals surface area contributed by atoms with Crippen LogP contribution in [0.25, 0.3) is 0 Å². The minimum atomic E-state index is -0.350. The van der Waals surface area contributed by atoms with E-state index in [1.165, 1.54) is 0 Å². The fourth-order valence-electron chi connectivity index (χ4n) is 1.15. The van der Waals surface area contributed by atoms with Gasteiger partial charge in [-0.2, -0.15) is 0 Å². The van der Waals surface area contributed by atoms with Gasteiger partial charge in [-0.05, 0) is 19.3 Å². The maximum atomic E-state index is 11.5. The fourth-order valence-corrected chi connectivity index (χ4v) is 1.15. The summed E-state index contributed by atoms with van der Waals surface area (Å²) in [7, 11) is 0. The summed E-state index contributed by atoms with van der Waals surface area (Å²) < 4.78 is 5.41. The van der Waals surface area contributed by atoms with Crippen LogP contribution in [0.1, 0.15) is 34.6 Å². The van der Waals surface area contributed by atoms with Crippen molar-refractivity contribution in [2.24, 2.45) is 5.41 Å². The molecule has 1 atom stereocenters. The van der Waals surface area contributed by atoms with Gasteiger partial charge >= 0.3 is 0 Å². The van der Waals surface area contributed by atoms with Crippen molar-refractivity contribution in [2.75, 3.05) is 13.2 Å². The Balaban J connectivity index is 4.33. The highest BCUT2D eigenvalue weighted by molar-refractivity contribution is 5.81. The molecule has 0 spiro atoms. The van der Waals surface area contributed by atoms with E-state index in [-0.39, 0.29) is 17.4 Å². The first kappa shape index (κ1) is 12.4. The molecule has 0 aliphatic rings. The molecule has 1 amide bonds. The van der Waals surface area contributed by atoms with Gasteiger partial charge in [-0.15, -0.1) is 0 Å². The van der Waals surface area contributed by atoms with Crippen LogP contribution >= 0.6 is 0 Å². The molecule has 0 saturated carbocycles. The van der Waals surface area contributed by atoms with Gasteiger partial charge in [0.15, 0.2) is 0 Å². The normalized spacial score (nSPS) is 13.9. The molecule has 0 aromatic carbocycles. The van der Waals surface area contributed by atoms with Crippen LogP contribution in [0.4, 0.5) is 0 Å². The largest absolute Gasteiger partial charge is 0.368 e. The van der Waals surface area contributed by atoms with Crippen LogP contribution < -0.4 is 5.32 Å². The molecule has 1 N–H and O–H groups in total.